The van der Waals surface area contributed by atoms with Crippen molar-refractivity contribution < 1.29 is 19.1 Å². The molecule has 0 saturated carbocycles. The van der Waals surface area contributed by atoms with Crippen LogP contribution >= 0.6 is 0 Å². The molecule has 3 aliphatic rings. The molecule has 0 aliphatic carbocycles. The zero-order valence-corrected chi connectivity index (χ0v) is 22.6. The Morgan fingerprint density at radius 3 is 2.21 bits per heavy atom. The number of nitrogens with zero attached hydrogens (tertiary/aromatic N) is 3. The van der Waals surface area contributed by atoms with E-state index in [1.54, 1.807) is 0 Å². The van der Waals surface area contributed by atoms with Gasteiger partial charge in [0.2, 0.25) is 5.91 Å². The summed E-state index contributed by atoms with van der Waals surface area (Å²) in [4.78, 5) is 34.4. The molecule has 0 aromatic heterocycles. The van der Waals surface area contributed by atoms with Crippen LogP contribution in [0.15, 0.2) is 66.7 Å². The van der Waals surface area contributed by atoms with Crippen LogP contribution in [0.25, 0.3) is 0 Å². The monoisotopic (exact) mass is 525 g/mol. The van der Waals surface area contributed by atoms with Crippen LogP contribution in [0.2, 0.25) is 0 Å². The normalized spacial score (nSPS) is 20.2. The second-order valence-corrected chi connectivity index (χ2v) is 10.3. The number of carbonyl (C=O) groups is 2. The molecule has 3 aliphatic heterocycles. The molecular formula is C32H35N3O4. The van der Waals surface area contributed by atoms with Crippen molar-refractivity contribution in [2.45, 2.75) is 32.2 Å². The molecule has 1 fully saturated rings. The van der Waals surface area contributed by atoms with E-state index in [-0.39, 0.29) is 17.9 Å². The number of hydrogen-bond acceptors (Lipinski definition) is 5. The smallest absolute Gasteiger partial charge is 0.254 e. The zero-order chi connectivity index (χ0) is 26.9. The molecule has 202 valence electrons. The summed E-state index contributed by atoms with van der Waals surface area (Å²) < 4.78 is 11.9. The van der Waals surface area contributed by atoms with Gasteiger partial charge >= 0.3 is 0 Å². The summed E-state index contributed by atoms with van der Waals surface area (Å²) in [6.07, 6.45) is 0.711. The third-order valence-electron chi connectivity index (χ3n) is 8.16. The number of amides is 2. The number of rotatable bonds is 6. The van der Waals surface area contributed by atoms with Gasteiger partial charge in [-0.25, -0.2) is 0 Å². The molecule has 2 atom stereocenters. The van der Waals surface area contributed by atoms with Gasteiger partial charge in [0.25, 0.3) is 5.91 Å². The van der Waals surface area contributed by atoms with Crippen molar-refractivity contribution in [1.82, 2.24) is 9.80 Å². The van der Waals surface area contributed by atoms with Crippen LogP contribution in [0, 0.1) is 0 Å². The highest BCUT2D eigenvalue weighted by molar-refractivity contribution is 6.01. The number of anilines is 1. The van der Waals surface area contributed by atoms with Crippen molar-refractivity contribution in [3.8, 4) is 11.5 Å². The Labute approximate surface area is 229 Å². The topological polar surface area (TPSA) is 62.3 Å². The molecule has 0 bridgehead atoms. The lowest BCUT2D eigenvalue weighted by molar-refractivity contribution is -0.135. The third-order valence-corrected chi connectivity index (χ3v) is 8.16. The highest BCUT2D eigenvalue weighted by atomic mass is 16.5. The van der Waals surface area contributed by atoms with E-state index in [2.05, 4.69) is 17.0 Å². The summed E-state index contributed by atoms with van der Waals surface area (Å²) in [7, 11) is 0. The molecule has 0 spiro atoms. The Morgan fingerprint density at radius 1 is 0.821 bits per heavy atom. The van der Waals surface area contributed by atoms with E-state index in [9.17, 15) is 9.59 Å². The molecule has 0 N–H and O–H groups in total. The van der Waals surface area contributed by atoms with Gasteiger partial charge in [-0.2, -0.15) is 0 Å². The summed E-state index contributed by atoms with van der Waals surface area (Å²) in [5.41, 5.74) is 4.73. The van der Waals surface area contributed by atoms with E-state index in [0.29, 0.717) is 56.3 Å². The van der Waals surface area contributed by atoms with E-state index in [4.69, 9.17) is 9.47 Å². The SMILES string of the molecule is CCOc1cc2c(cc1OCC)[C@@H]1[C@@H](C(=O)N3CCN(c4ccccc4)CC3)c3ccccc3C(=O)N1CC2. The first kappa shape index (κ1) is 25.3. The number of piperazine rings is 1. The van der Waals surface area contributed by atoms with Crippen molar-refractivity contribution >= 4 is 17.5 Å². The molecule has 7 nitrogen and oxygen atoms in total. The van der Waals surface area contributed by atoms with Gasteiger partial charge in [-0.1, -0.05) is 36.4 Å². The van der Waals surface area contributed by atoms with Gasteiger partial charge in [-0.15, -0.1) is 0 Å². The fourth-order valence-electron chi connectivity index (χ4n) is 6.36. The van der Waals surface area contributed by atoms with E-state index in [0.717, 1.165) is 29.8 Å². The first-order valence-electron chi connectivity index (χ1n) is 14.0. The second kappa shape index (κ2) is 10.6. The quantitative estimate of drug-likeness (QED) is 0.468. The van der Waals surface area contributed by atoms with E-state index in [1.807, 2.05) is 78.2 Å². The first-order chi connectivity index (χ1) is 19.1. The molecule has 0 unspecified atom stereocenters. The van der Waals surface area contributed by atoms with Crippen molar-refractivity contribution in [3.63, 3.8) is 0 Å². The lowest BCUT2D eigenvalue weighted by Crippen LogP contribution is -2.54. The highest BCUT2D eigenvalue weighted by Gasteiger charge is 2.48. The van der Waals surface area contributed by atoms with Crippen molar-refractivity contribution in [2.24, 2.45) is 0 Å². The summed E-state index contributed by atoms with van der Waals surface area (Å²) in [6.45, 7) is 8.36. The summed E-state index contributed by atoms with van der Waals surface area (Å²) in [5.74, 6) is 0.972. The highest BCUT2D eigenvalue weighted by Crippen LogP contribution is 2.49. The van der Waals surface area contributed by atoms with Crippen LogP contribution in [0.5, 0.6) is 11.5 Å². The van der Waals surface area contributed by atoms with Gasteiger partial charge in [0.05, 0.1) is 25.2 Å². The fraction of sp³-hybridized carbons (Fsp3) is 0.375. The molecule has 6 rings (SSSR count). The summed E-state index contributed by atoms with van der Waals surface area (Å²) in [6, 6.07) is 21.7. The van der Waals surface area contributed by atoms with Crippen LogP contribution in [0.1, 0.15) is 52.9 Å². The maximum Gasteiger partial charge on any atom is 0.254 e. The average Bonchev–Trinajstić information content (AvgIpc) is 2.98. The number of carbonyl (C=O) groups excluding carboxylic acids is 2. The van der Waals surface area contributed by atoms with Gasteiger partial charge in [0, 0.05) is 44.0 Å². The predicted octanol–water partition coefficient (Wildman–Crippen LogP) is 4.67. The van der Waals surface area contributed by atoms with Crippen LogP contribution < -0.4 is 14.4 Å². The maximum absolute atomic E-state index is 14.4. The van der Waals surface area contributed by atoms with E-state index >= 15 is 0 Å². The van der Waals surface area contributed by atoms with Crippen molar-refractivity contribution in [1.29, 1.82) is 0 Å². The standard InChI is InChI=1S/C32H35N3O4/c1-3-38-27-20-22-14-15-35-30(26(22)21-28(27)39-4-2)29(24-12-8-9-13-25(24)31(35)36)32(37)34-18-16-33(17-19-34)23-10-6-5-7-11-23/h5-13,20-21,29-30H,3-4,14-19H2,1-2H3/t29-,30+/m0/s1. The Hall–Kier alpha value is -4.00. The van der Waals surface area contributed by atoms with Crippen LogP contribution in [0.4, 0.5) is 5.69 Å². The minimum absolute atomic E-state index is 0.00829. The van der Waals surface area contributed by atoms with Gasteiger partial charge in [0.15, 0.2) is 11.5 Å². The van der Waals surface area contributed by atoms with Crippen LogP contribution in [0.3, 0.4) is 0 Å². The number of para-hydroxylation sites is 1. The number of fused-ring (bicyclic) bond motifs is 4. The molecule has 3 heterocycles. The number of benzene rings is 3. The molecule has 1 saturated heterocycles. The first-order valence-corrected chi connectivity index (χ1v) is 14.0. The third kappa shape index (κ3) is 4.50. The van der Waals surface area contributed by atoms with E-state index in [1.165, 1.54) is 5.69 Å². The van der Waals surface area contributed by atoms with E-state index < -0.39 is 5.92 Å². The lowest BCUT2D eigenvalue weighted by Gasteiger charge is -2.47. The summed E-state index contributed by atoms with van der Waals surface area (Å²) >= 11 is 0. The molecule has 3 aromatic carbocycles. The zero-order valence-electron chi connectivity index (χ0n) is 22.6. The van der Waals surface area contributed by atoms with Crippen molar-refractivity contribution in [3.05, 3.63) is 89.0 Å². The largest absolute Gasteiger partial charge is 0.490 e. The number of hydrogen-bond donors (Lipinski definition) is 0. The summed E-state index contributed by atoms with van der Waals surface area (Å²) in [5, 5.41) is 0. The Morgan fingerprint density at radius 2 is 1.49 bits per heavy atom. The molecule has 39 heavy (non-hydrogen) atoms. The predicted molar refractivity (Wildman–Crippen MR) is 151 cm³/mol. The maximum atomic E-state index is 14.4. The van der Waals surface area contributed by atoms with Crippen LogP contribution in [-0.2, 0) is 11.2 Å². The number of ether oxygens (including phenoxy) is 2. The van der Waals surface area contributed by atoms with Crippen molar-refractivity contribution in [2.75, 3.05) is 50.8 Å². The molecule has 0 radical (unpaired) electrons. The second-order valence-electron chi connectivity index (χ2n) is 10.3. The van der Waals surface area contributed by atoms with Gasteiger partial charge in [-0.3, -0.25) is 9.59 Å². The fourth-order valence-corrected chi connectivity index (χ4v) is 6.36. The average molecular weight is 526 g/mol. The lowest BCUT2D eigenvalue weighted by atomic mass is 9.75. The molecule has 2 amide bonds. The molecular weight excluding hydrogens is 490 g/mol. The van der Waals surface area contributed by atoms with Gasteiger partial charge in [0.1, 0.15) is 0 Å². The minimum atomic E-state index is -0.478. The van der Waals surface area contributed by atoms with Gasteiger partial charge < -0.3 is 24.2 Å². The Balaban J connectivity index is 1.38. The Kier molecular flexibility index (Phi) is 6.90. The Bertz CT molecular complexity index is 1370. The molecule has 3 aromatic rings. The van der Waals surface area contributed by atoms with Crippen LogP contribution in [-0.4, -0.2) is 67.6 Å². The van der Waals surface area contributed by atoms with Gasteiger partial charge in [-0.05, 0) is 67.3 Å². The minimum Gasteiger partial charge on any atom is -0.490 e. The molecule has 7 heteroatoms.